The Kier molecular flexibility index (Phi) is 5.09. The molecule has 27 heavy (non-hydrogen) atoms. The third-order valence-corrected chi connectivity index (χ3v) is 6.75. The summed E-state index contributed by atoms with van der Waals surface area (Å²) in [5, 5.41) is 12.9. The van der Waals surface area contributed by atoms with Crippen LogP contribution in [0, 0.1) is 0 Å². The first kappa shape index (κ1) is 18.7. The molecule has 0 saturated heterocycles. The van der Waals surface area contributed by atoms with Gasteiger partial charge in [-0.05, 0) is 60.6 Å². The molecule has 0 fully saturated rings. The van der Waals surface area contributed by atoms with E-state index >= 15 is 0 Å². The monoisotopic (exact) mass is 449 g/mol. The number of hydrogen-bond donors (Lipinski definition) is 1. The SMILES string of the molecule is COc1ccc([C@@]2(O)CN(c3ccc(Br)cc3)C3=[N+]2CCCS3)cc1OC. The summed E-state index contributed by atoms with van der Waals surface area (Å²) in [4.78, 5) is 2.20. The lowest BCUT2D eigenvalue weighted by molar-refractivity contribution is -0.656. The minimum absolute atomic E-state index is 0.465. The minimum atomic E-state index is -1.12. The van der Waals surface area contributed by atoms with E-state index in [1.807, 2.05) is 30.3 Å². The maximum absolute atomic E-state index is 11.8. The van der Waals surface area contributed by atoms with Crippen molar-refractivity contribution in [2.45, 2.75) is 12.1 Å². The fraction of sp³-hybridized carbons (Fsp3) is 0.350. The fourth-order valence-corrected chi connectivity index (χ4v) is 5.10. The van der Waals surface area contributed by atoms with Gasteiger partial charge in [-0.25, -0.2) is 9.48 Å². The van der Waals surface area contributed by atoms with E-state index in [4.69, 9.17) is 9.47 Å². The van der Waals surface area contributed by atoms with Crippen LogP contribution in [0.3, 0.4) is 0 Å². The molecule has 0 amide bonds. The van der Waals surface area contributed by atoms with E-state index in [1.165, 1.54) is 0 Å². The predicted octanol–water partition coefficient (Wildman–Crippen LogP) is 3.64. The molecule has 0 radical (unpaired) electrons. The van der Waals surface area contributed by atoms with Crippen molar-refractivity contribution >= 4 is 38.5 Å². The van der Waals surface area contributed by atoms with Gasteiger partial charge in [0.1, 0.15) is 5.69 Å². The third kappa shape index (κ3) is 3.22. The zero-order valence-electron chi connectivity index (χ0n) is 15.3. The molecule has 1 N–H and O–H groups in total. The van der Waals surface area contributed by atoms with Crippen LogP contribution in [-0.4, -0.2) is 47.9 Å². The highest BCUT2D eigenvalue weighted by Crippen LogP contribution is 2.40. The number of β-amino-alcohol motifs (C(OH)–C–C–N with tert-alkyl or cyclic N) is 1. The Balaban J connectivity index is 1.78. The highest BCUT2D eigenvalue weighted by molar-refractivity contribution is 9.10. The average Bonchev–Trinajstić information content (AvgIpc) is 3.02. The molecule has 2 heterocycles. The molecule has 0 unspecified atom stereocenters. The van der Waals surface area contributed by atoms with Gasteiger partial charge in [0.2, 0.25) is 0 Å². The minimum Gasteiger partial charge on any atom is -0.493 e. The molecule has 0 bridgehead atoms. The Morgan fingerprint density at radius 3 is 2.56 bits per heavy atom. The summed E-state index contributed by atoms with van der Waals surface area (Å²) in [5.41, 5.74) is 0.763. The largest absolute Gasteiger partial charge is 0.493 e. The summed E-state index contributed by atoms with van der Waals surface area (Å²) in [6.45, 7) is 1.28. The molecule has 0 aromatic heterocycles. The maximum Gasteiger partial charge on any atom is 0.316 e. The summed E-state index contributed by atoms with van der Waals surface area (Å²) in [5.74, 6) is 2.34. The Bertz CT molecular complexity index is 887. The van der Waals surface area contributed by atoms with Crippen molar-refractivity contribution in [3.63, 3.8) is 0 Å². The van der Waals surface area contributed by atoms with Crippen LogP contribution in [-0.2, 0) is 5.72 Å². The number of halogens is 1. The van der Waals surface area contributed by atoms with Crippen LogP contribution in [0.2, 0.25) is 0 Å². The van der Waals surface area contributed by atoms with Crippen LogP contribution >= 0.6 is 27.7 Å². The molecule has 2 aromatic rings. The fourth-order valence-electron chi connectivity index (χ4n) is 3.66. The van der Waals surface area contributed by atoms with Gasteiger partial charge in [0.15, 0.2) is 18.0 Å². The second-order valence-corrected chi connectivity index (χ2v) is 8.56. The number of nitrogens with zero attached hydrogens (tertiary/aromatic N) is 2. The van der Waals surface area contributed by atoms with Crippen LogP contribution in [0.5, 0.6) is 11.5 Å². The smallest absolute Gasteiger partial charge is 0.316 e. The summed E-state index contributed by atoms with van der Waals surface area (Å²) in [7, 11) is 3.23. The van der Waals surface area contributed by atoms with Gasteiger partial charge in [-0.15, -0.1) is 0 Å². The Morgan fingerprint density at radius 2 is 1.85 bits per heavy atom. The molecule has 5 nitrogen and oxygen atoms in total. The molecule has 0 spiro atoms. The van der Waals surface area contributed by atoms with Crippen LogP contribution in [0.25, 0.3) is 0 Å². The molecule has 4 rings (SSSR count). The molecular weight excluding hydrogens is 428 g/mol. The summed E-state index contributed by atoms with van der Waals surface area (Å²) < 4.78 is 14.0. The number of hydrogen-bond acceptors (Lipinski definition) is 5. The number of rotatable bonds is 4. The van der Waals surface area contributed by atoms with E-state index in [0.29, 0.717) is 18.0 Å². The summed E-state index contributed by atoms with van der Waals surface area (Å²) >= 11 is 5.29. The molecule has 2 aliphatic rings. The molecule has 0 aliphatic carbocycles. The molecule has 142 valence electrons. The van der Waals surface area contributed by atoms with Crippen molar-refractivity contribution in [2.24, 2.45) is 0 Å². The van der Waals surface area contributed by atoms with Gasteiger partial charge in [-0.2, -0.15) is 0 Å². The zero-order valence-corrected chi connectivity index (χ0v) is 17.7. The average molecular weight is 450 g/mol. The Labute approximate surface area is 171 Å². The predicted molar refractivity (Wildman–Crippen MR) is 112 cm³/mol. The molecular formula is C20H22BrN2O3S+. The molecule has 0 saturated carbocycles. The van der Waals surface area contributed by atoms with Crippen LogP contribution in [0.1, 0.15) is 12.0 Å². The highest BCUT2D eigenvalue weighted by atomic mass is 79.9. The lowest BCUT2D eigenvalue weighted by atomic mass is 10.0. The number of thioether (sulfide) groups is 1. The van der Waals surface area contributed by atoms with Crippen molar-refractivity contribution in [1.29, 1.82) is 0 Å². The van der Waals surface area contributed by atoms with Crippen LogP contribution in [0.15, 0.2) is 46.9 Å². The standard InChI is InChI=1S/C20H22BrN2O3S/c1-25-17-9-4-14(12-18(17)26-2)20(24)13-22(16-7-5-15(21)6-8-16)19-23(20)10-3-11-27-19/h4-9,12,24H,3,10-11,13H2,1-2H3/q+1/t20-/m0/s1. The van der Waals surface area contributed by atoms with E-state index in [1.54, 1.807) is 26.0 Å². The highest BCUT2D eigenvalue weighted by Gasteiger charge is 2.53. The van der Waals surface area contributed by atoms with Crippen molar-refractivity contribution in [3.05, 3.63) is 52.5 Å². The lowest BCUT2D eigenvalue weighted by Gasteiger charge is -2.25. The Hall–Kier alpha value is -1.70. The van der Waals surface area contributed by atoms with Gasteiger partial charge in [0.05, 0.1) is 20.8 Å². The normalized spacial score (nSPS) is 22.0. The van der Waals surface area contributed by atoms with E-state index in [0.717, 1.165) is 39.6 Å². The van der Waals surface area contributed by atoms with Gasteiger partial charge in [-0.1, -0.05) is 15.9 Å². The zero-order chi connectivity index (χ0) is 19.0. The van der Waals surface area contributed by atoms with E-state index in [2.05, 4.69) is 37.5 Å². The number of benzene rings is 2. The number of ether oxygens (including phenoxy) is 2. The second kappa shape index (κ2) is 7.37. The topological polar surface area (TPSA) is 44.9 Å². The maximum atomic E-state index is 11.8. The van der Waals surface area contributed by atoms with E-state index in [9.17, 15) is 5.11 Å². The first-order valence-corrected chi connectivity index (χ1v) is 10.6. The van der Waals surface area contributed by atoms with Crippen LogP contribution in [0.4, 0.5) is 5.69 Å². The number of methoxy groups -OCH3 is 2. The number of amidine groups is 1. The number of anilines is 1. The third-order valence-electron chi connectivity index (χ3n) is 5.03. The van der Waals surface area contributed by atoms with E-state index in [-0.39, 0.29) is 0 Å². The quantitative estimate of drug-likeness (QED) is 0.721. The first-order valence-electron chi connectivity index (χ1n) is 8.82. The molecule has 7 heteroatoms. The lowest BCUT2D eigenvalue weighted by Crippen LogP contribution is -2.41. The first-order chi connectivity index (χ1) is 13.1. The van der Waals surface area contributed by atoms with Gasteiger partial charge in [0, 0.05) is 15.8 Å². The molecule has 2 aliphatic heterocycles. The summed E-state index contributed by atoms with van der Waals surface area (Å²) in [6.07, 6.45) is 1.04. The van der Waals surface area contributed by atoms with Gasteiger partial charge in [0.25, 0.3) is 5.72 Å². The summed E-state index contributed by atoms with van der Waals surface area (Å²) in [6, 6.07) is 13.9. The van der Waals surface area contributed by atoms with Crippen LogP contribution < -0.4 is 14.4 Å². The number of aliphatic hydroxyl groups is 1. The van der Waals surface area contributed by atoms with Gasteiger partial charge in [-0.3, -0.25) is 0 Å². The van der Waals surface area contributed by atoms with Crippen molar-refractivity contribution in [3.8, 4) is 11.5 Å². The Morgan fingerprint density at radius 1 is 1.11 bits per heavy atom. The van der Waals surface area contributed by atoms with Gasteiger partial charge >= 0.3 is 5.17 Å². The van der Waals surface area contributed by atoms with Crippen molar-refractivity contribution in [1.82, 2.24) is 0 Å². The van der Waals surface area contributed by atoms with Gasteiger partial charge < -0.3 is 14.6 Å². The molecule has 1 atom stereocenters. The van der Waals surface area contributed by atoms with Crippen molar-refractivity contribution in [2.75, 3.05) is 38.0 Å². The molecule has 2 aromatic carbocycles. The second-order valence-electron chi connectivity index (χ2n) is 6.59. The van der Waals surface area contributed by atoms with Crippen molar-refractivity contribution < 1.29 is 19.2 Å². The van der Waals surface area contributed by atoms with E-state index < -0.39 is 5.72 Å².